The second-order valence-corrected chi connectivity index (χ2v) is 6.42. The maximum Gasteiger partial charge on any atom is 0.328 e. The number of esters is 1. The number of hydrogen-bond acceptors (Lipinski definition) is 6. The second kappa shape index (κ2) is 9.09. The maximum atomic E-state index is 12.8. The third-order valence-corrected chi connectivity index (χ3v) is 4.57. The van der Waals surface area contributed by atoms with E-state index in [-0.39, 0.29) is 30.9 Å². The van der Waals surface area contributed by atoms with E-state index in [4.69, 9.17) is 19.2 Å². The molecule has 0 N–H and O–H groups in total. The van der Waals surface area contributed by atoms with E-state index in [1.165, 1.54) is 4.90 Å². The lowest BCUT2D eigenvalue weighted by atomic mass is 10.0. The van der Waals surface area contributed by atoms with Gasteiger partial charge in [-0.05, 0) is 50.5 Å². The molecular formula is C21H22N2O5. The first kappa shape index (κ1) is 19.5. The monoisotopic (exact) mass is 382 g/mol. The van der Waals surface area contributed by atoms with Gasteiger partial charge in [0.25, 0.3) is 5.91 Å². The van der Waals surface area contributed by atoms with Gasteiger partial charge in [-0.15, -0.1) is 0 Å². The number of nitriles is 1. The molecule has 0 bridgehead atoms. The largest absolute Gasteiger partial charge is 0.484 e. The molecule has 3 rings (SSSR count). The molecule has 0 spiro atoms. The maximum absolute atomic E-state index is 12.8. The fourth-order valence-electron chi connectivity index (χ4n) is 3.20. The van der Waals surface area contributed by atoms with Crippen molar-refractivity contribution in [1.29, 1.82) is 5.26 Å². The second-order valence-electron chi connectivity index (χ2n) is 6.42. The highest BCUT2D eigenvalue weighted by Gasteiger charge is 2.34. The lowest BCUT2D eigenvalue weighted by Gasteiger charge is -2.33. The number of benzene rings is 1. The number of carbonyl (C=O) groups is 2. The summed E-state index contributed by atoms with van der Waals surface area (Å²) in [6, 6.07) is 11.6. The molecule has 1 aliphatic heterocycles. The molecule has 1 fully saturated rings. The Balaban J connectivity index is 1.67. The molecule has 1 aromatic heterocycles. The van der Waals surface area contributed by atoms with Gasteiger partial charge in [0.15, 0.2) is 5.76 Å². The van der Waals surface area contributed by atoms with Crippen molar-refractivity contribution in [3.8, 4) is 11.8 Å². The third-order valence-electron chi connectivity index (χ3n) is 4.57. The molecule has 7 nitrogen and oxygen atoms in total. The van der Waals surface area contributed by atoms with Crippen molar-refractivity contribution in [3.05, 3.63) is 53.5 Å². The molecular weight excluding hydrogens is 360 g/mol. The first-order valence-corrected chi connectivity index (χ1v) is 9.32. The zero-order valence-corrected chi connectivity index (χ0v) is 15.7. The van der Waals surface area contributed by atoms with Gasteiger partial charge in [0.05, 0.1) is 12.2 Å². The zero-order chi connectivity index (χ0) is 19.9. The highest BCUT2D eigenvalue weighted by molar-refractivity contribution is 5.94. The van der Waals surface area contributed by atoms with Gasteiger partial charge in [-0.2, -0.15) is 5.26 Å². The lowest BCUT2D eigenvalue weighted by Crippen LogP contribution is -2.48. The Morgan fingerprint density at radius 3 is 2.86 bits per heavy atom. The van der Waals surface area contributed by atoms with Crippen LogP contribution in [0.3, 0.4) is 0 Å². The van der Waals surface area contributed by atoms with Crippen LogP contribution in [0.15, 0.2) is 40.8 Å². The van der Waals surface area contributed by atoms with Gasteiger partial charge in [-0.3, -0.25) is 4.79 Å². The molecule has 1 amide bonds. The van der Waals surface area contributed by atoms with Gasteiger partial charge >= 0.3 is 5.97 Å². The van der Waals surface area contributed by atoms with Gasteiger partial charge < -0.3 is 18.8 Å². The van der Waals surface area contributed by atoms with Crippen LogP contribution in [0, 0.1) is 11.3 Å². The number of furan rings is 1. The number of carbonyl (C=O) groups excluding carboxylic acids is 2. The Bertz CT molecular complexity index is 883. The topological polar surface area (TPSA) is 92.8 Å². The standard InChI is InChI=1S/C21H22N2O5/c1-2-26-21(25)17-8-5-6-12-23(17)20(24)19-11-10-16(28-19)14-27-18-9-4-3-7-15(18)13-22/h3-4,7,9-11,17H,2,5-6,8,12,14H2,1H3. The van der Waals surface area contributed by atoms with Crippen molar-refractivity contribution in [3.63, 3.8) is 0 Å². The molecule has 1 saturated heterocycles. The summed E-state index contributed by atoms with van der Waals surface area (Å²) in [5.41, 5.74) is 0.427. The van der Waals surface area contributed by atoms with Crippen molar-refractivity contribution in [2.75, 3.05) is 13.2 Å². The van der Waals surface area contributed by atoms with E-state index in [1.54, 1.807) is 43.3 Å². The number of amides is 1. The third kappa shape index (κ3) is 4.34. The van der Waals surface area contributed by atoms with Gasteiger partial charge in [-0.25, -0.2) is 4.79 Å². The summed E-state index contributed by atoms with van der Waals surface area (Å²) in [5, 5.41) is 9.10. The molecule has 0 radical (unpaired) electrons. The van der Waals surface area contributed by atoms with Crippen molar-refractivity contribution >= 4 is 11.9 Å². The summed E-state index contributed by atoms with van der Waals surface area (Å²) < 4.78 is 16.4. The minimum Gasteiger partial charge on any atom is -0.484 e. The fraction of sp³-hybridized carbons (Fsp3) is 0.381. The molecule has 1 unspecified atom stereocenters. The number of ether oxygens (including phenoxy) is 2. The van der Waals surface area contributed by atoms with Gasteiger partial charge in [-0.1, -0.05) is 12.1 Å². The molecule has 2 aromatic rings. The molecule has 28 heavy (non-hydrogen) atoms. The van der Waals surface area contributed by atoms with Crippen molar-refractivity contribution in [2.24, 2.45) is 0 Å². The molecule has 7 heteroatoms. The summed E-state index contributed by atoms with van der Waals surface area (Å²) in [6.07, 6.45) is 2.30. The summed E-state index contributed by atoms with van der Waals surface area (Å²) in [4.78, 5) is 26.5. The summed E-state index contributed by atoms with van der Waals surface area (Å²) >= 11 is 0. The number of rotatable bonds is 6. The Morgan fingerprint density at radius 1 is 1.25 bits per heavy atom. The molecule has 0 saturated carbocycles. The number of nitrogens with zero attached hydrogens (tertiary/aromatic N) is 2. The van der Waals surface area contributed by atoms with Gasteiger partial charge in [0.1, 0.15) is 30.2 Å². The first-order chi connectivity index (χ1) is 13.6. The van der Waals surface area contributed by atoms with Crippen molar-refractivity contribution < 1.29 is 23.5 Å². The van der Waals surface area contributed by atoms with Crippen LogP contribution >= 0.6 is 0 Å². The van der Waals surface area contributed by atoms with Crippen LogP contribution in [-0.4, -0.2) is 36.0 Å². The van der Waals surface area contributed by atoms with E-state index >= 15 is 0 Å². The van der Waals surface area contributed by atoms with E-state index in [1.807, 2.05) is 0 Å². The molecule has 2 heterocycles. The van der Waals surface area contributed by atoms with E-state index < -0.39 is 6.04 Å². The minimum atomic E-state index is -0.575. The number of hydrogen-bond donors (Lipinski definition) is 0. The number of likely N-dealkylation sites (tertiary alicyclic amines) is 1. The van der Waals surface area contributed by atoms with E-state index in [9.17, 15) is 9.59 Å². The van der Waals surface area contributed by atoms with Gasteiger partial charge in [0, 0.05) is 6.54 Å². The first-order valence-electron chi connectivity index (χ1n) is 9.32. The number of piperidine rings is 1. The van der Waals surface area contributed by atoms with Gasteiger partial charge in [0.2, 0.25) is 0 Å². The summed E-state index contributed by atoms with van der Waals surface area (Å²) in [6.45, 7) is 2.61. The van der Waals surface area contributed by atoms with Crippen LogP contribution in [0.1, 0.15) is 48.1 Å². The van der Waals surface area contributed by atoms with Crippen LogP contribution in [0.25, 0.3) is 0 Å². The van der Waals surface area contributed by atoms with Crippen LogP contribution in [0.4, 0.5) is 0 Å². The molecule has 1 aromatic carbocycles. The molecule has 146 valence electrons. The highest BCUT2D eigenvalue weighted by Crippen LogP contribution is 2.23. The van der Waals surface area contributed by atoms with E-state index in [0.717, 1.165) is 12.8 Å². The number of para-hydroxylation sites is 1. The van der Waals surface area contributed by atoms with Crippen LogP contribution in [0.5, 0.6) is 5.75 Å². The predicted molar refractivity (Wildman–Crippen MR) is 99.5 cm³/mol. The van der Waals surface area contributed by atoms with E-state index in [0.29, 0.717) is 30.0 Å². The zero-order valence-electron chi connectivity index (χ0n) is 15.7. The Hall–Kier alpha value is -3.27. The highest BCUT2D eigenvalue weighted by atomic mass is 16.5. The smallest absolute Gasteiger partial charge is 0.328 e. The minimum absolute atomic E-state index is 0.0906. The quantitative estimate of drug-likeness (QED) is 0.712. The average molecular weight is 382 g/mol. The molecule has 0 aliphatic carbocycles. The van der Waals surface area contributed by atoms with E-state index in [2.05, 4.69) is 6.07 Å². The Kier molecular flexibility index (Phi) is 6.33. The Morgan fingerprint density at radius 2 is 2.07 bits per heavy atom. The van der Waals surface area contributed by atoms with Crippen LogP contribution in [0.2, 0.25) is 0 Å². The fourth-order valence-corrected chi connectivity index (χ4v) is 3.20. The summed E-state index contributed by atoms with van der Waals surface area (Å²) in [5.74, 6) is 0.358. The van der Waals surface area contributed by atoms with Crippen LogP contribution < -0.4 is 4.74 Å². The Labute approximate surface area is 163 Å². The lowest BCUT2D eigenvalue weighted by molar-refractivity contribution is -0.149. The SMILES string of the molecule is CCOC(=O)C1CCCCN1C(=O)c1ccc(COc2ccccc2C#N)o1. The normalized spacial score (nSPS) is 16.3. The van der Waals surface area contributed by atoms with Crippen molar-refractivity contribution in [1.82, 2.24) is 4.90 Å². The average Bonchev–Trinajstić information content (AvgIpc) is 3.21. The van der Waals surface area contributed by atoms with Crippen LogP contribution in [-0.2, 0) is 16.1 Å². The predicted octanol–water partition coefficient (Wildman–Crippen LogP) is 3.29. The summed E-state index contributed by atoms with van der Waals surface area (Å²) in [7, 11) is 0. The molecule has 1 atom stereocenters. The van der Waals surface area contributed by atoms with Crippen molar-refractivity contribution in [2.45, 2.75) is 38.8 Å². The molecule has 1 aliphatic rings.